The lowest BCUT2D eigenvalue weighted by Crippen LogP contribution is -2.24. The van der Waals surface area contributed by atoms with Crippen LogP contribution in [-0.2, 0) is 6.42 Å². The number of anilines is 1. The smallest absolute Gasteiger partial charge is 0.0396 e. The van der Waals surface area contributed by atoms with Crippen LogP contribution in [0, 0.1) is 5.92 Å². The number of nitrogens with one attached hydrogen (secondary N) is 1. The van der Waals surface area contributed by atoms with E-state index in [4.69, 9.17) is 0 Å². The second kappa shape index (κ2) is 4.34. The Kier molecular flexibility index (Phi) is 2.83. The van der Waals surface area contributed by atoms with Crippen LogP contribution in [0.15, 0.2) is 18.2 Å². The van der Waals surface area contributed by atoms with E-state index in [0.29, 0.717) is 0 Å². The van der Waals surface area contributed by atoms with Gasteiger partial charge in [-0.2, -0.15) is 0 Å². The fraction of sp³-hybridized carbons (Fsp3) is 0.600. The average molecular weight is 230 g/mol. The molecule has 2 unspecified atom stereocenters. The quantitative estimate of drug-likeness (QED) is 0.857. The molecule has 0 amide bonds. The molecule has 3 rings (SSSR count). The van der Waals surface area contributed by atoms with Gasteiger partial charge < -0.3 is 10.2 Å². The van der Waals surface area contributed by atoms with E-state index in [9.17, 15) is 0 Å². The lowest BCUT2D eigenvalue weighted by atomic mass is 9.97. The first-order chi connectivity index (χ1) is 8.29. The number of nitrogens with zero attached hydrogens (tertiary/aromatic N) is 1. The molecule has 92 valence electrons. The zero-order valence-electron chi connectivity index (χ0n) is 10.9. The van der Waals surface area contributed by atoms with Gasteiger partial charge >= 0.3 is 0 Å². The molecule has 1 N–H and O–H groups in total. The summed E-state index contributed by atoms with van der Waals surface area (Å²) in [5.74, 6) is 1.69. The molecule has 1 aromatic carbocycles. The normalized spacial score (nSPS) is 26.8. The molecule has 0 saturated heterocycles. The van der Waals surface area contributed by atoms with Crippen molar-refractivity contribution >= 4 is 5.69 Å². The molecule has 0 spiro atoms. The third-order valence-corrected chi connectivity index (χ3v) is 4.27. The lowest BCUT2D eigenvalue weighted by molar-refractivity contribution is 0.696. The van der Waals surface area contributed by atoms with Crippen LogP contribution in [0.1, 0.15) is 29.9 Å². The van der Waals surface area contributed by atoms with Crippen LogP contribution in [0.5, 0.6) is 0 Å². The molecule has 17 heavy (non-hydrogen) atoms. The number of hydrogen-bond acceptors (Lipinski definition) is 2. The van der Waals surface area contributed by atoms with E-state index in [2.05, 4.69) is 42.5 Å². The topological polar surface area (TPSA) is 15.3 Å². The average Bonchev–Trinajstić information content (AvgIpc) is 3.09. The summed E-state index contributed by atoms with van der Waals surface area (Å²) in [5, 5.41) is 3.29. The Hall–Kier alpha value is -1.02. The second-order valence-electron chi connectivity index (χ2n) is 5.57. The van der Waals surface area contributed by atoms with Gasteiger partial charge in [-0.05, 0) is 61.9 Å². The second-order valence-corrected chi connectivity index (χ2v) is 5.57. The molecule has 2 nitrogen and oxygen atoms in total. The standard InChI is InChI=1S/C15H22N2/c1-16-10-13-9-14(13)11-5-6-15-12(8-11)4-3-7-17(15)2/h5-6,8,13-14,16H,3-4,7,9-10H2,1-2H3. The maximum Gasteiger partial charge on any atom is 0.0396 e. The summed E-state index contributed by atoms with van der Waals surface area (Å²) in [6, 6.07) is 7.14. The SMILES string of the molecule is CNCC1CC1c1ccc2c(c1)CCCN2C. The molecular weight excluding hydrogens is 208 g/mol. The highest BCUT2D eigenvalue weighted by molar-refractivity contribution is 5.57. The summed E-state index contributed by atoms with van der Waals surface area (Å²) in [4.78, 5) is 2.39. The Morgan fingerprint density at radius 2 is 2.29 bits per heavy atom. The zero-order chi connectivity index (χ0) is 11.8. The van der Waals surface area contributed by atoms with Crippen LogP contribution in [0.4, 0.5) is 5.69 Å². The van der Waals surface area contributed by atoms with E-state index in [1.807, 2.05) is 0 Å². The van der Waals surface area contributed by atoms with Gasteiger partial charge in [0.05, 0.1) is 0 Å². The first-order valence-corrected chi connectivity index (χ1v) is 6.78. The van der Waals surface area contributed by atoms with Crippen LogP contribution >= 0.6 is 0 Å². The highest BCUT2D eigenvalue weighted by Crippen LogP contribution is 2.47. The Balaban J connectivity index is 1.80. The van der Waals surface area contributed by atoms with Crippen molar-refractivity contribution in [2.45, 2.75) is 25.2 Å². The van der Waals surface area contributed by atoms with E-state index >= 15 is 0 Å². The van der Waals surface area contributed by atoms with Crippen LogP contribution in [0.3, 0.4) is 0 Å². The van der Waals surface area contributed by atoms with Gasteiger partial charge in [-0.3, -0.25) is 0 Å². The van der Waals surface area contributed by atoms with Crippen molar-refractivity contribution in [3.63, 3.8) is 0 Å². The van der Waals surface area contributed by atoms with Crippen molar-refractivity contribution in [1.82, 2.24) is 5.32 Å². The third kappa shape index (κ3) is 2.06. The van der Waals surface area contributed by atoms with Gasteiger partial charge in [-0.1, -0.05) is 12.1 Å². The summed E-state index contributed by atoms with van der Waals surface area (Å²) in [5.41, 5.74) is 4.58. The molecule has 1 saturated carbocycles. The van der Waals surface area contributed by atoms with Gasteiger partial charge in [-0.25, -0.2) is 0 Å². The van der Waals surface area contributed by atoms with Crippen molar-refractivity contribution in [1.29, 1.82) is 0 Å². The Labute approximate surface area is 104 Å². The molecule has 1 fully saturated rings. The fourth-order valence-electron chi connectivity index (χ4n) is 3.18. The molecule has 1 aromatic rings. The highest BCUT2D eigenvalue weighted by Gasteiger charge is 2.37. The molecule has 0 radical (unpaired) electrons. The van der Waals surface area contributed by atoms with Gasteiger partial charge in [0.2, 0.25) is 0 Å². The number of rotatable bonds is 3. The summed E-state index contributed by atoms with van der Waals surface area (Å²) in [6.45, 7) is 2.37. The van der Waals surface area contributed by atoms with Crippen molar-refractivity contribution < 1.29 is 0 Å². The van der Waals surface area contributed by atoms with Gasteiger partial charge in [0, 0.05) is 19.3 Å². The van der Waals surface area contributed by atoms with Crippen molar-refractivity contribution in [3.8, 4) is 0 Å². The summed E-state index contributed by atoms with van der Waals surface area (Å²) >= 11 is 0. The minimum atomic E-state index is 0.819. The summed E-state index contributed by atoms with van der Waals surface area (Å²) in [7, 11) is 4.26. The molecule has 0 bridgehead atoms. The van der Waals surface area contributed by atoms with Crippen LogP contribution in [-0.4, -0.2) is 27.2 Å². The van der Waals surface area contributed by atoms with Crippen LogP contribution in [0.25, 0.3) is 0 Å². The molecule has 2 aliphatic rings. The molecular formula is C15H22N2. The molecule has 1 heterocycles. The highest BCUT2D eigenvalue weighted by atomic mass is 15.1. The van der Waals surface area contributed by atoms with Gasteiger partial charge in [0.25, 0.3) is 0 Å². The first-order valence-electron chi connectivity index (χ1n) is 6.78. The maximum absolute atomic E-state index is 3.29. The monoisotopic (exact) mass is 230 g/mol. The number of aryl methyl sites for hydroxylation is 1. The third-order valence-electron chi connectivity index (χ3n) is 4.27. The number of hydrogen-bond donors (Lipinski definition) is 1. The lowest BCUT2D eigenvalue weighted by Gasteiger charge is -2.27. The minimum Gasteiger partial charge on any atom is -0.374 e. The molecule has 1 aliphatic heterocycles. The van der Waals surface area contributed by atoms with Crippen LogP contribution < -0.4 is 10.2 Å². The zero-order valence-corrected chi connectivity index (χ0v) is 10.9. The predicted octanol–water partition coefficient (Wildman–Crippen LogP) is 2.39. The molecule has 0 aromatic heterocycles. The Morgan fingerprint density at radius 1 is 1.41 bits per heavy atom. The Bertz CT molecular complexity index is 413. The van der Waals surface area contributed by atoms with Crippen molar-refractivity contribution in [3.05, 3.63) is 29.3 Å². The van der Waals surface area contributed by atoms with Crippen molar-refractivity contribution in [2.24, 2.45) is 5.92 Å². The van der Waals surface area contributed by atoms with E-state index in [1.165, 1.54) is 38.0 Å². The Morgan fingerprint density at radius 3 is 3.12 bits per heavy atom. The van der Waals surface area contributed by atoms with Crippen molar-refractivity contribution in [2.75, 3.05) is 32.1 Å². The first kappa shape index (κ1) is 11.1. The van der Waals surface area contributed by atoms with E-state index < -0.39 is 0 Å². The van der Waals surface area contributed by atoms with E-state index in [0.717, 1.165) is 11.8 Å². The van der Waals surface area contributed by atoms with Gasteiger partial charge in [-0.15, -0.1) is 0 Å². The summed E-state index contributed by atoms with van der Waals surface area (Å²) < 4.78 is 0. The molecule has 1 aliphatic carbocycles. The number of fused-ring (bicyclic) bond motifs is 1. The van der Waals surface area contributed by atoms with E-state index in [-0.39, 0.29) is 0 Å². The van der Waals surface area contributed by atoms with Crippen LogP contribution in [0.2, 0.25) is 0 Å². The van der Waals surface area contributed by atoms with Gasteiger partial charge in [0.15, 0.2) is 0 Å². The minimum absolute atomic E-state index is 0.819. The largest absolute Gasteiger partial charge is 0.374 e. The van der Waals surface area contributed by atoms with E-state index in [1.54, 1.807) is 11.1 Å². The predicted molar refractivity (Wildman–Crippen MR) is 72.8 cm³/mol. The maximum atomic E-state index is 3.29. The van der Waals surface area contributed by atoms with Gasteiger partial charge in [0.1, 0.15) is 0 Å². The molecule has 2 heteroatoms. The molecule has 2 atom stereocenters. The fourth-order valence-corrected chi connectivity index (χ4v) is 3.18. The number of benzene rings is 1. The summed E-state index contributed by atoms with van der Waals surface area (Å²) in [6.07, 6.45) is 3.93.